The SMILES string of the molecule is CC(=O)c1ccc(N2C(=O)[C@@H]3[C@H](C2=O)[C@@H](C(=O)c2ccc(Cl)cc2)N2CCC[C@H]32)cc1. The van der Waals surface area contributed by atoms with Crippen LogP contribution in [-0.2, 0) is 9.59 Å². The first-order valence-electron chi connectivity index (χ1n) is 10.4. The molecule has 3 aliphatic rings. The van der Waals surface area contributed by atoms with Crippen molar-refractivity contribution >= 4 is 40.7 Å². The Kier molecular flexibility index (Phi) is 4.79. The highest BCUT2D eigenvalue weighted by Gasteiger charge is 2.64. The summed E-state index contributed by atoms with van der Waals surface area (Å²) in [4.78, 5) is 55.2. The van der Waals surface area contributed by atoms with Crippen molar-refractivity contribution in [3.63, 3.8) is 0 Å². The summed E-state index contributed by atoms with van der Waals surface area (Å²) in [5, 5.41) is 0.534. The molecule has 2 aromatic rings. The number of ketones is 2. The molecule has 3 aliphatic heterocycles. The van der Waals surface area contributed by atoms with Crippen LogP contribution < -0.4 is 4.90 Å². The first-order chi connectivity index (χ1) is 14.9. The molecule has 3 fully saturated rings. The number of Topliss-reactive ketones (excluding diaryl/α,β-unsaturated/α-hetero) is 2. The molecule has 6 nitrogen and oxygen atoms in total. The Morgan fingerprint density at radius 3 is 2.16 bits per heavy atom. The second-order valence-corrected chi connectivity index (χ2v) is 8.87. The third-order valence-electron chi connectivity index (χ3n) is 6.78. The number of imide groups is 1. The number of nitrogens with zero attached hydrogens (tertiary/aromatic N) is 2. The van der Waals surface area contributed by atoms with E-state index in [4.69, 9.17) is 11.6 Å². The van der Waals surface area contributed by atoms with Gasteiger partial charge in [-0.2, -0.15) is 0 Å². The van der Waals surface area contributed by atoms with E-state index in [0.29, 0.717) is 28.4 Å². The van der Waals surface area contributed by atoms with Gasteiger partial charge in [0.2, 0.25) is 11.8 Å². The maximum atomic E-state index is 13.5. The summed E-state index contributed by atoms with van der Waals surface area (Å²) in [5.74, 6) is -2.05. The number of amides is 2. The van der Waals surface area contributed by atoms with Crippen molar-refractivity contribution in [3.8, 4) is 0 Å². The van der Waals surface area contributed by atoms with Crippen molar-refractivity contribution in [1.29, 1.82) is 0 Å². The van der Waals surface area contributed by atoms with E-state index in [1.807, 2.05) is 0 Å². The van der Waals surface area contributed by atoms with Gasteiger partial charge in [-0.1, -0.05) is 11.6 Å². The van der Waals surface area contributed by atoms with Gasteiger partial charge in [0.25, 0.3) is 0 Å². The maximum Gasteiger partial charge on any atom is 0.239 e. The number of rotatable bonds is 4. The van der Waals surface area contributed by atoms with Gasteiger partial charge in [0, 0.05) is 22.2 Å². The summed E-state index contributed by atoms with van der Waals surface area (Å²) >= 11 is 5.97. The Labute approximate surface area is 184 Å². The van der Waals surface area contributed by atoms with Crippen molar-refractivity contribution in [2.75, 3.05) is 11.4 Å². The molecule has 0 N–H and O–H groups in total. The molecule has 0 aliphatic carbocycles. The lowest BCUT2D eigenvalue weighted by atomic mass is 9.85. The molecule has 3 heterocycles. The number of halogens is 1. The third-order valence-corrected chi connectivity index (χ3v) is 7.03. The fourth-order valence-electron chi connectivity index (χ4n) is 5.40. The lowest BCUT2D eigenvalue weighted by Gasteiger charge is -2.27. The molecule has 0 aromatic heterocycles. The van der Waals surface area contributed by atoms with Gasteiger partial charge >= 0.3 is 0 Å². The highest BCUT2D eigenvalue weighted by atomic mass is 35.5. The largest absolute Gasteiger partial charge is 0.295 e. The molecule has 0 unspecified atom stereocenters. The highest BCUT2D eigenvalue weighted by Crippen LogP contribution is 2.48. The summed E-state index contributed by atoms with van der Waals surface area (Å²) in [5.41, 5.74) is 1.45. The highest BCUT2D eigenvalue weighted by molar-refractivity contribution is 6.30. The van der Waals surface area contributed by atoms with E-state index in [1.54, 1.807) is 48.5 Å². The standard InChI is InChI=1S/C24H21ClN2O4/c1-13(28)14-6-10-17(11-7-14)27-23(30)19-18-3-2-12-26(18)21(20(19)24(27)31)22(29)15-4-8-16(25)9-5-15/h4-11,18-21H,2-3,12H2,1H3/t18-,19+,20+,21+/m1/s1. The van der Waals surface area contributed by atoms with Gasteiger partial charge < -0.3 is 0 Å². The van der Waals surface area contributed by atoms with E-state index in [-0.39, 0.29) is 29.4 Å². The molecule has 0 saturated carbocycles. The lowest BCUT2D eigenvalue weighted by molar-refractivity contribution is -0.123. The van der Waals surface area contributed by atoms with Crippen LogP contribution in [0.5, 0.6) is 0 Å². The average molecular weight is 437 g/mol. The Morgan fingerprint density at radius 2 is 1.52 bits per heavy atom. The van der Waals surface area contributed by atoms with Crippen LogP contribution >= 0.6 is 11.6 Å². The number of hydrogen-bond donors (Lipinski definition) is 0. The number of benzene rings is 2. The fraction of sp³-hybridized carbons (Fsp3) is 0.333. The zero-order valence-corrected chi connectivity index (χ0v) is 17.7. The smallest absolute Gasteiger partial charge is 0.239 e. The van der Waals surface area contributed by atoms with Crippen molar-refractivity contribution < 1.29 is 19.2 Å². The lowest BCUT2D eigenvalue weighted by Crippen LogP contribution is -2.46. The van der Waals surface area contributed by atoms with E-state index >= 15 is 0 Å². The Morgan fingerprint density at radius 1 is 0.903 bits per heavy atom. The Balaban J connectivity index is 1.52. The molecule has 3 saturated heterocycles. The molecule has 7 heteroatoms. The third kappa shape index (κ3) is 3.05. The first kappa shape index (κ1) is 20.1. The van der Waals surface area contributed by atoms with Crippen LogP contribution in [0.15, 0.2) is 48.5 Å². The monoisotopic (exact) mass is 436 g/mol. The van der Waals surface area contributed by atoms with E-state index in [9.17, 15) is 19.2 Å². The summed E-state index contributed by atoms with van der Waals surface area (Å²) < 4.78 is 0. The van der Waals surface area contributed by atoms with Crippen LogP contribution in [0.25, 0.3) is 0 Å². The predicted molar refractivity (Wildman–Crippen MR) is 115 cm³/mol. The Bertz CT molecular complexity index is 1100. The fourth-order valence-corrected chi connectivity index (χ4v) is 5.53. The van der Waals surface area contributed by atoms with E-state index in [2.05, 4.69) is 4.90 Å². The first-order valence-corrected chi connectivity index (χ1v) is 10.8. The summed E-state index contributed by atoms with van der Waals surface area (Å²) in [6.45, 7) is 2.17. The maximum absolute atomic E-state index is 13.5. The topological polar surface area (TPSA) is 74.8 Å². The zero-order valence-electron chi connectivity index (χ0n) is 17.0. The van der Waals surface area contributed by atoms with Gasteiger partial charge in [-0.15, -0.1) is 0 Å². The molecule has 158 valence electrons. The van der Waals surface area contributed by atoms with Crippen molar-refractivity contribution in [1.82, 2.24) is 4.90 Å². The number of anilines is 1. The minimum atomic E-state index is -0.700. The molecule has 5 rings (SSSR count). The molecular formula is C24H21ClN2O4. The van der Waals surface area contributed by atoms with Crippen LogP contribution in [0, 0.1) is 11.8 Å². The normalized spacial score (nSPS) is 27.5. The van der Waals surface area contributed by atoms with E-state index in [0.717, 1.165) is 12.8 Å². The zero-order chi connectivity index (χ0) is 21.9. The molecular weight excluding hydrogens is 416 g/mol. The molecule has 0 spiro atoms. The molecule has 31 heavy (non-hydrogen) atoms. The van der Waals surface area contributed by atoms with Crippen molar-refractivity contribution in [3.05, 3.63) is 64.7 Å². The molecule has 2 amide bonds. The average Bonchev–Trinajstić information content (AvgIpc) is 3.40. The minimum absolute atomic E-state index is 0.0854. The second-order valence-electron chi connectivity index (χ2n) is 8.43. The van der Waals surface area contributed by atoms with E-state index < -0.39 is 17.9 Å². The van der Waals surface area contributed by atoms with Gasteiger partial charge in [0.15, 0.2) is 11.6 Å². The quantitative estimate of drug-likeness (QED) is 0.542. The van der Waals surface area contributed by atoms with Crippen LogP contribution in [-0.4, -0.2) is 46.9 Å². The molecule has 2 aromatic carbocycles. The number of carbonyl (C=O) groups is 4. The molecule has 0 bridgehead atoms. The van der Waals surface area contributed by atoms with Gasteiger partial charge in [-0.05, 0) is 74.8 Å². The van der Waals surface area contributed by atoms with Gasteiger partial charge in [0.05, 0.1) is 23.6 Å². The van der Waals surface area contributed by atoms with Gasteiger partial charge in [-0.3, -0.25) is 24.1 Å². The van der Waals surface area contributed by atoms with Crippen LogP contribution in [0.3, 0.4) is 0 Å². The van der Waals surface area contributed by atoms with E-state index in [1.165, 1.54) is 11.8 Å². The summed E-state index contributed by atoms with van der Waals surface area (Å²) in [6, 6.07) is 12.4. The van der Waals surface area contributed by atoms with Crippen LogP contribution in [0.1, 0.15) is 40.5 Å². The number of fused-ring (bicyclic) bond motifs is 3. The minimum Gasteiger partial charge on any atom is -0.295 e. The molecule has 4 atom stereocenters. The number of hydrogen-bond acceptors (Lipinski definition) is 5. The summed E-state index contributed by atoms with van der Waals surface area (Å²) in [6.07, 6.45) is 1.69. The van der Waals surface area contributed by atoms with Crippen molar-refractivity contribution in [2.24, 2.45) is 11.8 Å². The predicted octanol–water partition coefficient (Wildman–Crippen LogP) is 3.38. The van der Waals surface area contributed by atoms with Crippen molar-refractivity contribution in [2.45, 2.75) is 31.8 Å². The van der Waals surface area contributed by atoms with Gasteiger partial charge in [0.1, 0.15) is 0 Å². The van der Waals surface area contributed by atoms with Gasteiger partial charge in [-0.25, -0.2) is 4.90 Å². The summed E-state index contributed by atoms with van der Waals surface area (Å²) in [7, 11) is 0. The molecule has 0 radical (unpaired) electrons. The van der Waals surface area contributed by atoms with Crippen LogP contribution in [0.2, 0.25) is 5.02 Å². The number of carbonyl (C=O) groups excluding carboxylic acids is 4. The second kappa shape index (κ2) is 7.39. The Hall–Kier alpha value is -2.83. The van der Waals surface area contributed by atoms with Crippen LogP contribution in [0.4, 0.5) is 5.69 Å².